The highest BCUT2D eigenvalue weighted by Crippen LogP contribution is 2.07. The molecule has 0 unspecified atom stereocenters. The van der Waals surface area contributed by atoms with Gasteiger partial charge >= 0.3 is 0 Å². The van der Waals surface area contributed by atoms with Crippen LogP contribution in [0, 0.1) is 0 Å². The summed E-state index contributed by atoms with van der Waals surface area (Å²) in [6.45, 7) is 10.2. The van der Waals surface area contributed by atoms with E-state index in [4.69, 9.17) is 0 Å². The molecule has 0 radical (unpaired) electrons. The molecule has 80 valence electrons. The van der Waals surface area contributed by atoms with Crippen LogP contribution >= 0.6 is 0 Å². The molecular weight excluding hydrogens is 176 g/mol. The Balaban J connectivity index is 2.57. The molecule has 14 heavy (non-hydrogen) atoms. The molecule has 0 saturated heterocycles. The van der Waals surface area contributed by atoms with Gasteiger partial charge in [-0.1, -0.05) is 6.92 Å². The molecule has 0 atom stereocenters. The van der Waals surface area contributed by atoms with Gasteiger partial charge in [0.1, 0.15) is 0 Å². The summed E-state index contributed by atoms with van der Waals surface area (Å²) in [6.07, 6.45) is 1.90. The summed E-state index contributed by atoms with van der Waals surface area (Å²) in [7, 11) is 0. The third-order valence-electron chi connectivity index (χ3n) is 2.24. The van der Waals surface area contributed by atoms with Crippen molar-refractivity contribution < 1.29 is 0 Å². The van der Waals surface area contributed by atoms with Gasteiger partial charge in [-0.2, -0.15) is 0 Å². The fourth-order valence-corrected chi connectivity index (χ4v) is 1.38. The summed E-state index contributed by atoms with van der Waals surface area (Å²) in [5.41, 5.74) is 1.15. The molecule has 4 nitrogen and oxygen atoms in total. The first-order valence-corrected chi connectivity index (χ1v) is 5.31. The van der Waals surface area contributed by atoms with Crippen LogP contribution in [0.4, 0.5) is 5.95 Å². The van der Waals surface area contributed by atoms with Gasteiger partial charge in [-0.15, -0.1) is 0 Å². The van der Waals surface area contributed by atoms with Crippen LogP contribution in [0.2, 0.25) is 0 Å². The Kier molecular flexibility index (Phi) is 4.46. The maximum Gasteiger partial charge on any atom is 0.202 e. The monoisotopic (exact) mass is 196 g/mol. The van der Waals surface area contributed by atoms with E-state index in [2.05, 4.69) is 41.0 Å². The third kappa shape index (κ3) is 2.73. The van der Waals surface area contributed by atoms with Gasteiger partial charge < -0.3 is 15.2 Å². The van der Waals surface area contributed by atoms with Gasteiger partial charge in [-0.3, -0.25) is 0 Å². The smallest absolute Gasteiger partial charge is 0.202 e. The molecule has 1 aromatic heterocycles. The molecule has 1 heterocycles. The topological polar surface area (TPSA) is 44.0 Å². The van der Waals surface area contributed by atoms with Gasteiger partial charge in [0.05, 0.1) is 11.9 Å². The molecule has 0 aliphatic rings. The number of imidazole rings is 1. The van der Waals surface area contributed by atoms with Gasteiger partial charge in [-0.25, -0.2) is 4.98 Å². The van der Waals surface area contributed by atoms with Gasteiger partial charge in [0.25, 0.3) is 0 Å². The summed E-state index contributed by atoms with van der Waals surface area (Å²) >= 11 is 0. The first-order valence-electron chi connectivity index (χ1n) is 5.31. The zero-order chi connectivity index (χ0) is 10.4. The molecule has 1 rings (SSSR count). The Bertz CT molecular complexity index is 252. The second-order valence-corrected chi connectivity index (χ2v) is 3.18. The maximum absolute atomic E-state index is 4.34. The molecule has 0 saturated carbocycles. The highest BCUT2D eigenvalue weighted by molar-refractivity contribution is 5.30. The zero-order valence-corrected chi connectivity index (χ0v) is 9.30. The lowest BCUT2D eigenvalue weighted by molar-refractivity contribution is 0.712. The van der Waals surface area contributed by atoms with Crippen LogP contribution < -0.4 is 10.2 Å². The number of nitrogens with zero attached hydrogens (tertiary/aromatic N) is 2. The average molecular weight is 196 g/mol. The Morgan fingerprint density at radius 1 is 1.36 bits per heavy atom. The van der Waals surface area contributed by atoms with E-state index in [0.717, 1.165) is 37.8 Å². The lowest BCUT2D eigenvalue weighted by Crippen LogP contribution is -2.23. The van der Waals surface area contributed by atoms with Crippen LogP contribution in [0.5, 0.6) is 0 Å². The molecular formula is C10H20N4. The molecule has 0 spiro atoms. The van der Waals surface area contributed by atoms with Crippen LogP contribution in [0.3, 0.4) is 0 Å². The second-order valence-electron chi connectivity index (χ2n) is 3.18. The molecule has 1 aromatic rings. The van der Waals surface area contributed by atoms with E-state index in [1.807, 2.05) is 6.20 Å². The minimum absolute atomic E-state index is 0.866. The Hall–Kier alpha value is -1.03. The standard InChI is InChI=1S/C10H20N4/c1-4-11-7-9-8-12-10(13-9)14(5-2)6-3/h8,11H,4-7H2,1-3H3,(H,12,13). The number of nitrogens with one attached hydrogen (secondary N) is 2. The van der Waals surface area contributed by atoms with Crippen LogP contribution in [-0.4, -0.2) is 29.6 Å². The van der Waals surface area contributed by atoms with Crippen molar-refractivity contribution in [1.29, 1.82) is 0 Å². The molecule has 0 aliphatic carbocycles. The predicted octanol–water partition coefficient (Wildman–Crippen LogP) is 1.37. The Morgan fingerprint density at radius 3 is 2.64 bits per heavy atom. The van der Waals surface area contributed by atoms with Crippen molar-refractivity contribution in [2.75, 3.05) is 24.5 Å². The van der Waals surface area contributed by atoms with Crippen molar-refractivity contribution in [3.8, 4) is 0 Å². The number of aromatic nitrogens is 2. The Labute approximate surface area is 85.7 Å². The number of anilines is 1. The van der Waals surface area contributed by atoms with Crippen LogP contribution in [0.1, 0.15) is 26.5 Å². The zero-order valence-electron chi connectivity index (χ0n) is 9.30. The van der Waals surface area contributed by atoms with Crippen molar-refractivity contribution in [2.45, 2.75) is 27.3 Å². The van der Waals surface area contributed by atoms with Gasteiger partial charge in [-0.05, 0) is 20.4 Å². The molecule has 0 amide bonds. The number of aromatic amines is 1. The molecule has 0 aromatic carbocycles. The minimum atomic E-state index is 0.866. The van der Waals surface area contributed by atoms with Gasteiger partial charge in [0, 0.05) is 19.6 Å². The largest absolute Gasteiger partial charge is 0.343 e. The number of hydrogen-bond acceptors (Lipinski definition) is 3. The van der Waals surface area contributed by atoms with Gasteiger partial charge in [0.2, 0.25) is 5.95 Å². The summed E-state index contributed by atoms with van der Waals surface area (Å²) < 4.78 is 0. The average Bonchev–Trinajstić information content (AvgIpc) is 2.65. The highest BCUT2D eigenvalue weighted by Gasteiger charge is 2.05. The highest BCUT2D eigenvalue weighted by atomic mass is 15.3. The van der Waals surface area contributed by atoms with Crippen molar-refractivity contribution in [3.05, 3.63) is 11.9 Å². The summed E-state index contributed by atoms with van der Waals surface area (Å²) in [6, 6.07) is 0. The molecule has 0 aliphatic heterocycles. The fourth-order valence-electron chi connectivity index (χ4n) is 1.38. The first kappa shape index (κ1) is 11.0. The lowest BCUT2D eigenvalue weighted by Gasteiger charge is -2.16. The van der Waals surface area contributed by atoms with Crippen molar-refractivity contribution in [1.82, 2.24) is 15.3 Å². The molecule has 0 fully saturated rings. The lowest BCUT2D eigenvalue weighted by atomic mass is 10.5. The van der Waals surface area contributed by atoms with Crippen LogP contribution in [0.25, 0.3) is 0 Å². The SMILES string of the molecule is CCNCc1cnc(N(CC)CC)[nH]1. The predicted molar refractivity (Wildman–Crippen MR) is 59.5 cm³/mol. The molecule has 0 bridgehead atoms. The van der Waals surface area contributed by atoms with Crippen molar-refractivity contribution >= 4 is 5.95 Å². The van der Waals surface area contributed by atoms with Crippen LogP contribution in [-0.2, 0) is 6.54 Å². The van der Waals surface area contributed by atoms with Gasteiger partial charge in [0.15, 0.2) is 0 Å². The molecule has 2 N–H and O–H groups in total. The van der Waals surface area contributed by atoms with E-state index in [1.54, 1.807) is 0 Å². The maximum atomic E-state index is 4.34. The fraction of sp³-hybridized carbons (Fsp3) is 0.700. The van der Waals surface area contributed by atoms with Crippen LogP contribution in [0.15, 0.2) is 6.20 Å². The summed E-state index contributed by atoms with van der Waals surface area (Å²) in [4.78, 5) is 9.85. The Morgan fingerprint density at radius 2 is 2.07 bits per heavy atom. The number of rotatable bonds is 6. The quantitative estimate of drug-likeness (QED) is 0.722. The molecule has 4 heteroatoms. The minimum Gasteiger partial charge on any atom is -0.343 e. The van der Waals surface area contributed by atoms with Crippen molar-refractivity contribution in [2.24, 2.45) is 0 Å². The summed E-state index contributed by atoms with van der Waals surface area (Å²) in [5.74, 6) is 0.975. The van der Waals surface area contributed by atoms with E-state index in [-0.39, 0.29) is 0 Å². The first-order chi connectivity index (χ1) is 6.81. The van der Waals surface area contributed by atoms with E-state index in [0.29, 0.717) is 0 Å². The normalized spacial score (nSPS) is 10.5. The van der Waals surface area contributed by atoms with E-state index in [9.17, 15) is 0 Å². The van der Waals surface area contributed by atoms with E-state index >= 15 is 0 Å². The summed E-state index contributed by atoms with van der Waals surface area (Å²) in [5, 5.41) is 3.26. The third-order valence-corrected chi connectivity index (χ3v) is 2.24. The number of hydrogen-bond donors (Lipinski definition) is 2. The second kappa shape index (κ2) is 5.65. The van der Waals surface area contributed by atoms with Crippen molar-refractivity contribution in [3.63, 3.8) is 0 Å². The number of H-pyrrole nitrogens is 1. The van der Waals surface area contributed by atoms with E-state index in [1.165, 1.54) is 0 Å². The van der Waals surface area contributed by atoms with E-state index < -0.39 is 0 Å².